The Morgan fingerprint density at radius 3 is 2.82 bits per heavy atom. The lowest BCUT2D eigenvalue weighted by atomic mass is 10.1. The second kappa shape index (κ2) is 3.42. The highest BCUT2D eigenvalue weighted by molar-refractivity contribution is 5.89. The van der Waals surface area contributed by atoms with Crippen molar-refractivity contribution in [3.05, 3.63) is 51.8 Å². The second-order valence-corrected chi connectivity index (χ2v) is 4.25. The summed E-state index contributed by atoms with van der Waals surface area (Å²) < 4.78 is 5.70. The van der Waals surface area contributed by atoms with Crippen molar-refractivity contribution in [2.75, 3.05) is 0 Å². The predicted octanol–water partition coefficient (Wildman–Crippen LogP) is 2.96. The number of hydrogen-bond donors (Lipinski definition) is 0. The summed E-state index contributed by atoms with van der Waals surface area (Å²) in [5, 5.41) is 1.16. The number of aromatic nitrogens is 1. The number of rotatable bonds is 0. The van der Waals surface area contributed by atoms with Crippen molar-refractivity contribution in [1.82, 2.24) is 4.98 Å². The van der Waals surface area contributed by atoms with E-state index in [-0.39, 0.29) is 5.43 Å². The molecule has 1 aromatic carbocycles. The molecule has 0 unspecified atom stereocenters. The van der Waals surface area contributed by atoms with Crippen molar-refractivity contribution in [2.45, 2.75) is 13.8 Å². The van der Waals surface area contributed by atoms with Crippen LogP contribution in [0, 0.1) is 13.8 Å². The lowest BCUT2D eigenvalue weighted by Gasteiger charge is -2.04. The predicted molar refractivity (Wildman–Crippen MR) is 67.3 cm³/mol. The zero-order chi connectivity index (χ0) is 12.0. The number of hydrogen-bond acceptors (Lipinski definition) is 3. The van der Waals surface area contributed by atoms with E-state index < -0.39 is 0 Å². The molecular weight excluding hydrogens is 214 g/mol. The molecule has 0 amide bonds. The highest BCUT2D eigenvalue weighted by Crippen LogP contribution is 2.21. The van der Waals surface area contributed by atoms with Crippen LogP contribution in [0.15, 0.2) is 39.7 Å². The van der Waals surface area contributed by atoms with Crippen LogP contribution in [0.25, 0.3) is 22.1 Å². The minimum atomic E-state index is -0.0128. The Balaban J connectivity index is 2.64. The number of pyridine rings is 1. The zero-order valence-corrected chi connectivity index (χ0v) is 9.65. The maximum Gasteiger partial charge on any atom is 0.230 e. The van der Waals surface area contributed by atoms with Gasteiger partial charge in [0.25, 0.3) is 0 Å². The smallest absolute Gasteiger partial charge is 0.230 e. The molecule has 0 saturated heterocycles. The first-order valence-electron chi connectivity index (χ1n) is 5.45. The van der Waals surface area contributed by atoms with Gasteiger partial charge < -0.3 is 4.42 Å². The molecule has 0 bridgehead atoms. The van der Waals surface area contributed by atoms with E-state index in [0.717, 1.165) is 11.1 Å². The summed E-state index contributed by atoms with van der Waals surface area (Å²) in [4.78, 5) is 16.4. The van der Waals surface area contributed by atoms with Gasteiger partial charge in [-0.15, -0.1) is 0 Å². The molecule has 0 aliphatic heterocycles. The Bertz CT molecular complexity index is 787. The molecule has 3 rings (SSSR count). The Hall–Kier alpha value is -2.16. The van der Waals surface area contributed by atoms with E-state index in [9.17, 15) is 4.79 Å². The van der Waals surface area contributed by atoms with Gasteiger partial charge in [-0.05, 0) is 43.2 Å². The monoisotopic (exact) mass is 225 g/mol. The van der Waals surface area contributed by atoms with Crippen LogP contribution in [0.5, 0.6) is 0 Å². The molecule has 3 nitrogen and oxygen atoms in total. The maximum absolute atomic E-state index is 12.3. The summed E-state index contributed by atoms with van der Waals surface area (Å²) in [7, 11) is 0. The summed E-state index contributed by atoms with van der Waals surface area (Å²) in [5.41, 5.74) is 3.04. The third-order valence-electron chi connectivity index (χ3n) is 2.88. The van der Waals surface area contributed by atoms with E-state index in [0.29, 0.717) is 22.1 Å². The number of nitrogens with zero attached hydrogens (tertiary/aromatic N) is 1. The van der Waals surface area contributed by atoms with Crippen LogP contribution in [0.1, 0.15) is 11.1 Å². The third-order valence-corrected chi connectivity index (χ3v) is 2.88. The van der Waals surface area contributed by atoms with Crippen LogP contribution in [0.4, 0.5) is 0 Å². The van der Waals surface area contributed by atoms with Crippen LogP contribution in [-0.2, 0) is 0 Å². The van der Waals surface area contributed by atoms with Crippen molar-refractivity contribution >= 4 is 22.1 Å². The fourth-order valence-electron chi connectivity index (χ4n) is 2.15. The standard InChI is InChI=1S/C14H11NO2/c1-8-6-9(2)13-11(7-8)12(16)10-4-3-5-15-14(10)17-13/h3-7H,1-2H3. The fraction of sp³-hybridized carbons (Fsp3) is 0.143. The van der Waals surface area contributed by atoms with E-state index in [1.54, 1.807) is 18.3 Å². The first kappa shape index (κ1) is 10.0. The van der Waals surface area contributed by atoms with Crippen molar-refractivity contribution in [2.24, 2.45) is 0 Å². The Kier molecular flexibility index (Phi) is 2.01. The van der Waals surface area contributed by atoms with Crippen molar-refractivity contribution < 1.29 is 4.42 Å². The van der Waals surface area contributed by atoms with Gasteiger partial charge in [0.1, 0.15) is 5.58 Å². The van der Waals surface area contributed by atoms with Crippen LogP contribution >= 0.6 is 0 Å². The lowest BCUT2D eigenvalue weighted by molar-refractivity contribution is 0.641. The normalized spacial score (nSPS) is 11.2. The van der Waals surface area contributed by atoms with Gasteiger partial charge in [0.15, 0.2) is 0 Å². The lowest BCUT2D eigenvalue weighted by Crippen LogP contribution is -2.03. The van der Waals surface area contributed by atoms with Gasteiger partial charge >= 0.3 is 0 Å². The van der Waals surface area contributed by atoms with E-state index in [1.807, 2.05) is 26.0 Å². The topological polar surface area (TPSA) is 43.1 Å². The number of aryl methyl sites for hydroxylation is 2. The molecular formula is C14H11NO2. The molecule has 0 aliphatic rings. The molecule has 3 aromatic rings. The molecule has 0 fully saturated rings. The second-order valence-electron chi connectivity index (χ2n) is 4.25. The average Bonchev–Trinajstić information content (AvgIpc) is 2.31. The molecule has 0 saturated carbocycles. The molecule has 0 spiro atoms. The van der Waals surface area contributed by atoms with E-state index in [1.165, 1.54) is 0 Å². The summed E-state index contributed by atoms with van der Waals surface area (Å²) in [6.07, 6.45) is 1.63. The molecule has 3 heteroatoms. The van der Waals surface area contributed by atoms with E-state index >= 15 is 0 Å². The number of benzene rings is 1. The van der Waals surface area contributed by atoms with Gasteiger partial charge in [-0.3, -0.25) is 4.79 Å². The van der Waals surface area contributed by atoms with E-state index in [2.05, 4.69) is 4.98 Å². The largest absolute Gasteiger partial charge is 0.437 e. The minimum absolute atomic E-state index is 0.0128. The average molecular weight is 225 g/mol. The van der Waals surface area contributed by atoms with Gasteiger partial charge in [0, 0.05) is 6.20 Å². The van der Waals surface area contributed by atoms with Gasteiger partial charge in [-0.25, -0.2) is 4.98 Å². The van der Waals surface area contributed by atoms with Crippen LogP contribution in [0.3, 0.4) is 0 Å². The Morgan fingerprint density at radius 2 is 2.00 bits per heavy atom. The molecule has 2 aromatic heterocycles. The first-order chi connectivity index (χ1) is 8.16. The van der Waals surface area contributed by atoms with Crippen LogP contribution in [-0.4, -0.2) is 4.98 Å². The Morgan fingerprint density at radius 1 is 1.18 bits per heavy atom. The maximum atomic E-state index is 12.3. The molecule has 17 heavy (non-hydrogen) atoms. The third kappa shape index (κ3) is 1.43. The van der Waals surface area contributed by atoms with E-state index in [4.69, 9.17) is 4.42 Å². The van der Waals surface area contributed by atoms with Crippen LogP contribution < -0.4 is 5.43 Å². The number of fused-ring (bicyclic) bond motifs is 2. The molecule has 0 N–H and O–H groups in total. The first-order valence-corrected chi connectivity index (χ1v) is 5.45. The highest BCUT2D eigenvalue weighted by Gasteiger charge is 2.10. The highest BCUT2D eigenvalue weighted by atomic mass is 16.3. The van der Waals surface area contributed by atoms with Gasteiger partial charge in [0.05, 0.1) is 10.8 Å². The van der Waals surface area contributed by atoms with Gasteiger partial charge in [0.2, 0.25) is 11.1 Å². The zero-order valence-electron chi connectivity index (χ0n) is 9.65. The van der Waals surface area contributed by atoms with Crippen molar-refractivity contribution in [3.8, 4) is 0 Å². The van der Waals surface area contributed by atoms with Gasteiger partial charge in [-0.2, -0.15) is 0 Å². The minimum Gasteiger partial charge on any atom is -0.437 e. The summed E-state index contributed by atoms with van der Waals surface area (Å²) >= 11 is 0. The van der Waals surface area contributed by atoms with Gasteiger partial charge in [-0.1, -0.05) is 6.07 Å². The molecule has 0 aliphatic carbocycles. The molecule has 0 atom stereocenters. The SMILES string of the molecule is Cc1cc(C)c2oc3ncccc3c(=O)c2c1. The molecule has 2 heterocycles. The summed E-state index contributed by atoms with van der Waals surface area (Å²) in [6, 6.07) is 7.35. The quantitative estimate of drug-likeness (QED) is 0.552. The molecule has 0 radical (unpaired) electrons. The molecule has 84 valence electrons. The summed E-state index contributed by atoms with van der Waals surface area (Å²) in [6.45, 7) is 3.91. The van der Waals surface area contributed by atoms with Crippen molar-refractivity contribution in [1.29, 1.82) is 0 Å². The Labute approximate surface area is 97.7 Å². The summed E-state index contributed by atoms with van der Waals surface area (Å²) in [5.74, 6) is 0. The fourth-order valence-corrected chi connectivity index (χ4v) is 2.15. The van der Waals surface area contributed by atoms with Crippen molar-refractivity contribution in [3.63, 3.8) is 0 Å². The van der Waals surface area contributed by atoms with Crippen LogP contribution in [0.2, 0.25) is 0 Å².